The van der Waals surface area contributed by atoms with Crippen molar-refractivity contribution in [3.8, 4) is 0 Å². The molecule has 0 aliphatic heterocycles. The molecule has 0 spiro atoms. The summed E-state index contributed by atoms with van der Waals surface area (Å²) in [5, 5.41) is 12.3. The van der Waals surface area contributed by atoms with Gasteiger partial charge in [0.05, 0.1) is 0 Å². The van der Waals surface area contributed by atoms with E-state index in [1.165, 1.54) is 32.6 Å². The molecule has 0 radical (unpaired) electrons. The lowest BCUT2D eigenvalue weighted by molar-refractivity contribution is -0.129. The Hall–Kier alpha value is -1.06. The highest BCUT2D eigenvalue weighted by Gasteiger charge is 2.02. The van der Waals surface area contributed by atoms with Gasteiger partial charge in [0.1, 0.15) is 5.71 Å². The van der Waals surface area contributed by atoms with Crippen LogP contribution in [0.5, 0.6) is 0 Å². The van der Waals surface area contributed by atoms with Gasteiger partial charge in [-0.3, -0.25) is 0 Å². The molecule has 0 rings (SSSR count). The molecule has 0 bridgehead atoms. The van der Waals surface area contributed by atoms with E-state index in [0.29, 0.717) is 5.92 Å². The van der Waals surface area contributed by atoms with Crippen molar-refractivity contribution in [3.05, 3.63) is 0 Å². The summed E-state index contributed by atoms with van der Waals surface area (Å²) in [4.78, 5) is 10.4. The van der Waals surface area contributed by atoms with E-state index in [1.54, 1.807) is 0 Å². The Bertz CT molecular complexity index is 227. The number of hydrazone groups is 1. The molecule has 0 saturated carbocycles. The van der Waals surface area contributed by atoms with E-state index >= 15 is 0 Å². The molecule has 0 saturated heterocycles. The molecule has 0 aliphatic carbocycles. The summed E-state index contributed by atoms with van der Waals surface area (Å²) in [5.74, 6) is -0.289. The second kappa shape index (κ2) is 9.19. The van der Waals surface area contributed by atoms with Crippen LogP contribution < -0.4 is 5.43 Å². The fraction of sp³-hybridized carbons (Fsp3) is 0.833. The lowest BCUT2D eigenvalue weighted by Gasteiger charge is -2.10. The smallest absolute Gasteiger partial charge is 0.351 e. The molecule has 1 atom stereocenters. The van der Waals surface area contributed by atoms with Gasteiger partial charge >= 0.3 is 5.97 Å². The minimum Gasteiger partial charge on any atom is -0.477 e. The molecular formula is C12H24N2O2. The molecule has 94 valence electrons. The van der Waals surface area contributed by atoms with E-state index in [1.807, 2.05) is 0 Å². The van der Waals surface area contributed by atoms with Gasteiger partial charge in [-0.1, -0.05) is 39.5 Å². The van der Waals surface area contributed by atoms with Crippen molar-refractivity contribution in [1.82, 2.24) is 5.43 Å². The lowest BCUT2D eigenvalue weighted by Crippen LogP contribution is -2.17. The number of carboxylic acid groups (broad SMARTS) is 1. The number of unbranched alkanes of at least 4 members (excludes halogenated alkanes) is 2. The summed E-state index contributed by atoms with van der Waals surface area (Å²) in [6.07, 6.45) is 6.13. The SMILES string of the molecule is CCCCCC(C)CCN/N=C(\C)C(=O)O. The van der Waals surface area contributed by atoms with E-state index in [4.69, 9.17) is 5.11 Å². The Labute approximate surface area is 98.1 Å². The van der Waals surface area contributed by atoms with Crippen molar-refractivity contribution in [3.63, 3.8) is 0 Å². The van der Waals surface area contributed by atoms with Gasteiger partial charge in [-0.25, -0.2) is 4.79 Å². The Morgan fingerprint density at radius 1 is 1.38 bits per heavy atom. The van der Waals surface area contributed by atoms with Gasteiger partial charge in [0.2, 0.25) is 0 Å². The minimum absolute atomic E-state index is 0.110. The number of nitrogens with zero attached hydrogens (tertiary/aromatic N) is 1. The molecule has 0 aromatic carbocycles. The maximum Gasteiger partial charge on any atom is 0.351 e. The fourth-order valence-electron chi connectivity index (χ4n) is 1.42. The summed E-state index contributed by atoms with van der Waals surface area (Å²) in [7, 11) is 0. The highest BCUT2D eigenvalue weighted by molar-refractivity contribution is 6.34. The summed E-state index contributed by atoms with van der Waals surface area (Å²) in [6.45, 7) is 6.67. The summed E-state index contributed by atoms with van der Waals surface area (Å²) in [5.41, 5.74) is 2.90. The molecular weight excluding hydrogens is 204 g/mol. The number of carbonyl (C=O) groups is 1. The van der Waals surface area contributed by atoms with Crippen LogP contribution in [-0.4, -0.2) is 23.3 Å². The zero-order valence-electron chi connectivity index (χ0n) is 10.6. The molecule has 0 aliphatic rings. The predicted octanol–water partition coefficient (Wildman–Crippen LogP) is 2.64. The number of rotatable bonds is 9. The van der Waals surface area contributed by atoms with Crippen LogP contribution in [-0.2, 0) is 4.79 Å². The maximum absolute atomic E-state index is 10.4. The van der Waals surface area contributed by atoms with Crippen molar-refractivity contribution >= 4 is 11.7 Å². The van der Waals surface area contributed by atoms with E-state index in [2.05, 4.69) is 24.4 Å². The molecule has 0 amide bonds. The standard InChI is InChI=1S/C12H24N2O2/c1-4-5-6-7-10(2)8-9-13-14-11(3)12(15)16/h10,13H,4-9H2,1-3H3,(H,15,16)/b14-11+. The Kier molecular flexibility index (Phi) is 8.58. The fourth-order valence-corrected chi connectivity index (χ4v) is 1.42. The Balaban J connectivity index is 3.51. The van der Waals surface area contributed by atoms with Gasteiger partial charge in [-0.05, 0) is 19.3 Å². The first kappa shape index (κ1) is 14.9. The van der Waals surface area contributed by atoms with Crippen molar-refractivity contribution in [1.29, 1.82) is 0 Å². The molecule has 1 unspecified atom stereocenters. The van der Waals surface area contributed by atoms with Crippen LogP contribution in [0.4, 0.5) is 0 Å². The van der Waals surface area contributed by atoms with Gasteiger partial charge in [0, 0.05) is 6.54 Å². The Morgan fingerprint density at radius 2 is 2.06 bits per heavy atom. The van der Waals surface area contributed by atoms with Crippen molar-refractivity contribution in [2.24, 2.45) is 11.0 Å². The topological polar surface area (TPSA) is 61.7 Å². The van der Waals surface area contributed by atoms with E-state index < -0.39 is 5.97 Å². The van der Waals surface area contributed by atoms with E-state index in [0.717, 1.165) is 13.0 Å². The molecule has 4 nitrogen and oxygen atoms in total. The average Bonchev–Trinajstić information content (AvgIpc) is 2.24. The number of hydrogen-bond acceptors (Lipinski definition) is 3. The third kappa shape index (κ3) is 8.26. The maximum atomic E-state index is 10.4. The number of hydrogen-bond donors (Lipinski definition) is 2. The molecule has 0 aromatic heterocycles. The normalized spacial score (nSPS) is 13.6. The summed E-state index contributed by atoms with van der Waals surface area (Å²) in [6, 6.07) is 0. The first-order valence-corrected chi connectivity index (χ1v) is 6.08. The predicted molar refractivity (Wildman–Crippen MR) is 66.7 cm³/mol. The van der Waals surface area contributed by atoms with Gasteiger partial charge in [0.15, 0.2) is 0 Å². The molecule has 0 fully saturated rings. The minimum atomic E-state index is -0.969. The van der Waals surface area contributed by atoms with Crippen molar-refractivity contribution in [2.45, 2.75) is 52.9 Å². The van der Waals surface area contributed by atoms with Crippen LogP contribution in [0, 0.1) is 5.92 Å². The van der Waals surface area contributed by atoms with Gasteiger partial charge in [0.25, 0.3) is 0 Å². The zero-order chi connectivity index (χ0) is 12.4. The first-order chi connectivity index (χ1) is 7.57. The second-order valence-electron chi connectivity index (χ2n) is 4.30. The van der Waals surface area contributed by atoms with E-state index in [9.17, 15) is 4.79 Å². The summed E-state index contributed by atoms with van der Waals surface area (Å²) >= 11 is 0. The number of carboxylic acids is 1. The number of nitrogens with one attached hydrogen (secondary N) is 1. The highest BCUT2D eigenvalue weighted by atomic mass is 16.4. The number of aliphatic carboxylic acids is 1. The third-order valence-corrected chi connectivity index (χ3v) is 2.61. The highest BCUT2D eigenvalue weighted by Crippen LogP contribution is 2.11. The van der Waals surface area contributed by atoms with Crippen LogP contribution in [0.2, 0.25) is 0 Å². The van der Waals surface area contributed by atoms with Crippen LogP contribution in [0.25, 0.3) is 0 Å². The molecule has 16 heavy (non-hydrogen) atoms. The molecule has 4 heteroatoms. The van der Waals surface area contributed by atoms with Crippen molar-refractivity contribution < 1.29 is 9.90 Å². The van der Waals surface area contributed by atoms with Crippen LogP contribution in [0.1, 0.15) is 52.9 Å². The van der Waals surface area contributed by atoms with E-state index in [-0.39, 0.29) is 5.71 Å². The second-order valence-corrected chi connectivity index (χ2v) is 4.30. The first-order valence-electron chi connectivity index (χ1n) is 6.08. The monoisotopic (exact) mass is 228 g/mol. The van der Waals surface area contributed by atoms with Crippen LogP contribution in [0.3, 0.4) is 0 Å². The van der Waals surface area contributed by atoms with Crippen LogP contribution >= 0.6 is 0 Å². The van der Waals surface area contributed by atoms with Crippen LogP contribution in [0.15, 0.2) is 5.10 Å². The Morgan fingerprint density at radius 3 is 2.62 bits per heavy atom. The molecule has 0 aromatic rings. The van der Waals surface area contributed by atoms with Crippen molar-refractivity contribution in [2.75, 3.05) is 6.54 Å². The quantitative estimate of drug-likeness (QED) is 0.362. The molecule has 2 N–H and O–H groups in total. The summed E-state index contributed by atoms with van der Waals surface area (Å²) < 4.78 is 0. The van der Waals surface area contributed by atoms with Gasteiger partial charge in [-0.15, -0.1) is 0 Å². The molecule has 0 heterocycles. The van der Waals surface area contributed by atoms with Gasteiger partial charge < -0.3 is 10.5 Å². The lowest BCUT2D eigenvalue weighted by atomic mass is 10.0. The van der Waals surface area contributed by atoms with Gasteiger partial charge in [-0.2, -0.15) is 5.10 Å². The largest absolute Gasteiger partial charge is 0.477 e. The third-order valence-electron chi connectivity index (χ3n) is 2.61. The zero-order valence-corrected chi connectivity index (χ0v) is 10.6. The average molecular weight is 228 g/mol.